The normalized spacial score (nSPS) is 25.5. The van der Waals surface area contributed by atoms with E-state index in [1.54, 1.807) is 19.1 Å². The highest BCUT2D eigenvalue weighted by molar-refractivity contribution is 5.74. The number of amides is 2. The van der Waals surface area contributed by atoms with Crippen LogP contribution in [0.15, 0.2) is 0 Å². The Hall–Kier alpha value is -0.850. The molecule has 6 nitrogen and oxygen atoms in total. The molecule has 6 heteroatoms. The van der Waals surface area contributed by atoms with Gasteiger partial charge in [0.2, 0.25) is 0 Å². The van der Waals surface area contributed by atoms with E-state index in [-0.39, 0.29) is 24.3 Å². The topological polar surface area (TPSA) is 60.0 Å². The highest BCUT2D eigenvalue weighted by Crippen LogP contribution is 2.14. The number of carbonyl (C=O) groups is 1. The van der Waals surface area contributed by atoms with Crippen LogP contribution in [0.3, 0.4) is 0 Å². The molecule has 3 unspecified atom stereocenters. The van der Waals surface area contributed by atoms with Gasteiger partial charge in [-0.1, -0.05) is 6.92 Å². The van der Waals surface area contributed by atoms with Gasteiger partial charge in [0.05, 0.1) is 18.2 Å². The SMILES string of the molecule is CCC1CN(C(=O)NC(C)C(OC)OC)CC(C)O1. The van der Waals surface area contributed by atoms with E-state index >= 15 is 0 Å². The van der Waals surface area contributed by atoms with Gasteiger partial charge in [-0.15, -0.1) is 0 Å². The number of urea groups is 1. The summed E-state index contributed by atoms with van der Waals surface area (Å²) in [4.78, 5) is 14.0. The summed E-state index contributed by atoms with van der Waals surface area (Å²) in [6, 6.07) is -0.305. The molecule has 0 aromatic rings. The highest BCUT2D eigenvalue weighted by Gasteiger charge is 2.29. The molecule has 0 radical (unpaired) electrons. The largest absolute Gasteiger partial charge is 0.372 e. The fourth-order valence-electron chi connectivity index (χ4n) is 2.30. The van der Waals surface area contributed by atoms with Gasteiger partial charge in [0, 0.05) is 27.3 Å². The van der Waals surface area contributed by atoms with Crippen LogP contribution in [0.1, 0.15) is 27.2 Å². The fraction of sp³-hybridized carbons (Fsp3) is 0.923. The number of carbonyl (C=O) groups excluding carboxylic acids is 1. The van der Waals surface area contributed by atoms with E-state index in [9.17, 15) is 4.79 Å². The number of rotatable bonds is 5. The van der Waals surface area contributed by atoms with Gasteiger partial charge in [0.15, 0.2) is 6.29 Å². The zero-order valence-corrected chi connectivity index (χ0v) is 12.5. The molecule has 1 saturated heterocycles. The van der Waals surface area contributed by atoms with Crippen LogP contribution < -0.4 is 5.32 Å². The molecule has 0 aromatic heterocycles. The van der Waals surface area contributed by atoms with Gasteiger partial charge in [-0.2, -0.15) is 0 Å². The van der Waals surface area contributed by atoms with Crippen molar-refractivity contribution in [3.8, 4) is 0 Å². The summed E-state index contributed by atoms with van der Waals surface area (Å²) < 4.78 is 16.0. The number of hydrogen-bond donors (Lipinski definition) is 1. The molecule has 0 aliphatic carbocycles. The summed E-state index contributed by atoms with van der Waals surface area (Å²) in [6.07, 6.45) is 0.651. The second-order valence-corrected chi connectivity index (χ2v) is 4.96. The molecule has 1 aliphatic heterocycles. The van der Waals surface area contributed by atoms with Gasteiger partial charge in [-0.05, 0) is 20.3 Å². The van der Waals surface area contributed by atoms with Gasteiger partial charge in [-0.25, -0.2) is 4.79 Å². The van der Waals surface area contributed by atoms with Crippen molar-refractivity contribution < 1.29 is 19.0 Å². The summed E-state index contributed by atoms with van der Waals surface area (Å²) in [6.45, 7) is 7.15. The van der Waals surface area contributed by atoms with Gasteiger partial charge in [0.1, 0.15) is 0 Å². The van der Waals surface area contributed by atoms with Crippen molar-refractivity contribution in [3.63, 3.8) is 0 Å². The Kier molecular flexibility index (Phi) is 6.54. The highest BCUT2D eigenvalue weighted by atomic mass is 16.7. The molecule has 112 valence electrons. The molecular weight excluding hydrogens is 248 g/mol. The van der Waals surface area contributed by atoms with Crippen LogP contribution in [-0.4, -0.2) is 62.8 Å². The second-order valence-electron chi connectivity index (χ2n) is 4.96. The van der Waals surface area contributed by atoms with Gasteiger partial charge < -0.3 is 24.4 Å². The average molecular weight is 274 g/mol. The number of ether oxygens (including phenoxy) is 3. The standard InChI is InChI=1S/C13H26N2O4/c1-6-11-8-15(7-9(2)19-11)13(16)14-10(3)12(17-4)18-5/h9-12H,6-8H2,1-5H3,(H,14,16). The van der Waals surface area contributed by atoms with E-state index in [0.29, 0.717) is 13.1 Å². The minimum Gasteiger partial charge on any atom is -0.372 e. The van der Waals surface area contributed by atoms with Crippen molar-refractivity contribution in [3.05, 3.63) is 0 Å². The molecule has 1 N–H and O–H groups in total. The lowest BCUT2D eigenvalue weighted by molar-refractivity contribution is -0.118. The zero-order chi connectivity index (χ0) is 14.4. The lowest BCUT2D eigenvalue weighted by atomic mass is 10.2. The van der Waals surface area contributed by atoms with Crippen LogP contribution in [0.2, 0.25) is 0 Å². The van der Waals surface area contributed by atoms with Gasteiger partial charge >= 0.3 is 6.03 Å². The van der Waals surface area contributed by atoms with Crippen molar-refractivity contribution in [2.45, 2.75) is 51.7 Å². The molecule has 0 saturated carbocycles. The third-order valence-electron chi connectivity index (χ3n) is 3.29. The number of nitrogens with zero attached hydrogens (tertiary/aromatic N) is 1. The quantitative estimate of drug-likeness (QED) is 0.765. The van der Waals surface area contributed by atoms with Crippen molar-refractivity contribution in [1.29, 1.82) is 0 Å². The summed E-state index contributed by atoms with van der Waals surface area (Å²) in [5.74, 6) is 0. The van der Waals surface area contributed by atoms with Crippen LogP contribution in [0.5, 0.6) is 0 Å². The van der Waals surface area contributed by atoms with Crippen LogP contribution in [0.4, 0.5) is 4.79 Å². The molecule has 2 amide bonds. The Labute approximate surface area is 115 Å². The lowest BCUT2D eigenvalue weighted by Crippen LogP contribution is -2.55. The van der Waals surface area contributed by atoms with E-state index in [2.05, 4.69) is 12.2 Å². The third kappa shape index (κ3) is 4.63. The predicted molar refractivity (Wildman–Crippen MR) is 72.0 cm³/mol. The maximum atomic E-state index is 12.2. The first-order chi connectivity index (χ1) is 9.01. The first kappa shape index (κ1) is 16.2. The lowest BCUT2D eigenvalue weighted by Gasteiger charge is -2.37. The first-order valence-corrected chi connectivity index (χ1v) is 6.78. The van der Waals surface area contributed by atoms with Crippen LogP contribution in [-0.2, 0) is 14.2 Å². The Morgan fingerprint density at radius 1 is 1.42 bits per heavy atom. The van der Waals surface area contributed by atoms with Crippen molar-refractivity contribution >= 4 is 6.03 Å². The molecule has 1 aliphatic rings. The average Bonchev–Trinajstić information content (AvgIpc) is 2.39. The molecule has 0 aromatic carbocycles. The van der Waals surface area contributed by atoms with Gasteiger partial charge in [0.25, 0.3) is 0 Å². The smallest absolute Gasteiger partial charge is 0.317 e. The van der Waals surface area contributed by atoms with Gasteiger partial charge in [-0.3, -0.25) is 0 Å². The number of nitrogens with one attached hydrogen (secondary N) is 1. The monoisotopic (exact) mass is 274 g/mol. The summed E-state index contributed by atoms with van der Waals surface area (Å²) in [7, 11) is 3.11. The molecule has 0 bridgehead atoms. The first-order valence-electron chi connectivity index (χ1n) is 6.78. The number of morpholine rings is 1. The Bertz CT molecular complexity index is 284. The molecule has 3 atom stereocenters. The van der Waals surface area contributed by atoms with E-state index < -0.39 is 6.29 Å². The summed E-state index contributed by atoms with van der Waals surface area (Å²) in [5, 5.41) is 2.90. The number of methoxy groups -OCH3 is 2. The minimum absolute atomic E-state index is 0.0698. The van der Waals surface area contributed by atoms with Crippen LogP contribution in [0, 0.1) is 0 Å². The zero-order valence-electron chi connectivity index (χ0n) is 12.5. The van der Waals surface area contributed by atoms with Crippen molar-refractivity contribution in [2.75, 3.05) is 27.3 Å². The fourth-order valence-corrected chi connectivity index (χ4v) is 2.30. The second kappa shape index (κ2) is 7.67. The van der Waals surface area contributed by atoms with E-state index in [0.717, 1.165) is 6.42 Å². The van der Waals surface area contributed by atoms with E-state index in [1.807, 2.05) is 13.8 Å². The Balaban J connectivity index is 2.52. The van der Waals surface area contributed by atoms with Crippen molar-refractivity contribution in [2.24, 2.45) is 0 Å². The molecular formula is C13H26N2O4. The maximum Gasteiger partial charge on any atom is 0.317 e. The molecule has 0 spiro atoms. The van der Waals surface area contributed by atoms with Crippen LogP contribution >= 0.6 is 0 Å². The Morgan fingerprint density at radius 2 is 2.05 bits per heavy atom. The van der Waals surface area contributed by atoms with E-state index in [1.165, 1.54) is 0 Å². The summed E-state index contributed by atoms with van der Waals surface area (Å²) in [5.41, 5.74) is 0. The minimum atomic E-state index is -0.440. The number of hydrogen-bond acceptors (Lipinski definition) is 4. The summed E-state index contributed by atoms with van der Waals surface area (Å²) >= 11 is 0. The van der Waals surface area contributed by atoms with Crippen LogP contribution in [0.25, 0.3) is 0 Å². The molecule has 1 rings (SSSR count). The maximum absolute atomic E-state index is 12.2. The molecule has 1 fully saturated rings. The molecule has 19 heavy (non-hydrogen) atoms. The predicted octanol–water partition coefficient (Wildman–Crippen LogP) is 1.20. The third-order valence-corrected chi connectivity index (χ3v) is 3.29. The van der Waals surface area contributed by atoms with E-state index in [4.69, 9.17) is 14.2 Å². The Morgan fingerprint density at radius 3 is 2.58 bits per heavy atom. The molecule has 1 heterocycles. The van der Waals surface area contributed by atoms with Crippen molar-refractivity contribution in [1.82, 2.24) is 10.2 Å².